The van der Waals surface area contributed by atoms with Crippen LogP contribution >= 0.6 is 28.3 Å². The normalized spacial score (nSPS) is 18.6. The first-order chi connectivity index (χ1) is 11.5. The summed E-state index contributed by atoms with van der Waals surface area (Å²) < 4.78 is 6.31. The van der Waals surface area contributed by atoms with Crippen LogP contribution in [0.4, 0.5) is 5.69 Å². The summed E-state index contributed by atoms with van der Waals surface area (Å²) in [5.41, 5.74) is 0.760. The summed E-state index contributed by atoms with van der Waals surface area (Å²) in [7, 11) is 0. The third-order valence-corrected chi connectivity index (χ3v) is 5.18. The van der Waals surface area contributed by atoms with E-state index in [1.165, 1.54) is 4.90 Å². The van der Waals surface area contributed by atoms with Gasteiger partial charge < -0.3 is 15.4 Å². The van der Waals surface area contributed by atoms with E-state index in [0.717, 1.165) is 30.4 Å². The van der Waals surface area contributed by atoms with Crippen molar-refractivity contribution in [3.05, 3.63) is 22.7 Å². The van der Waals surface area contributed by atoms with Gasteiger partial charge in [0.25, 0.3) is 5.91 Å². The van der Waals surface area contributed by atoms with E-state index in [1.807, 2.05) is 12.1 Å². The lowest BCUT2D eigenvalue weighted by Gasteiger charge is -2.34. The summed E-state index contributed by atoms with van der Waals surface area (Å²) in [5, 5.41) is 6.32. The third-order valence-electron chi connectivity index (χ3n) is 4.69. The van der Waals surface area contributed by atoms with E-state index in [0.29, 0.717) is 18.0 Å². The summed E-state index contributed by atoms with van der Waals surface area (Å²) in [4.78, 5) is 26.0. The maximum atomic E-state index is 12.3. The largest absolute Gasteiger partial charge is 0.482 e. The second-order valence-corrected chi connectivity index (χ2v) is 7.63. The number of hydrogen-bond donors (Lipinski definition) is 2. The Labute approximate surface area is 162 Å². The molecule has 8 heteroatoms. The van der Waals surface area contributed by atoms with Gasteiger partial charge in [-0.25, -0.2) is 0 Å². The molecule has 3 rings (SSSR count). The summed E-state index contributed by atoms with van der Waals surface area (Å²) >= 11 is 3.38. The number of nitrogens with one attached hydrogen (secondary N) is 2. The molecule has 0 unspecified atom stereocenters. The molecule has 2 N–H and O–H groups in total. The van der Waals surface area contributed by atoms with Crippen molar-refractivity contribution in [2.24, 2.45) is 5.41 Å². The van der Waals surface area contributed by atoms with Crippen LogP contribution in [0.5, 0.6) is 5.75 Å². The van der Waals surface area contributed by atoms with E-state index < -0.39 is 0 Å². The van der Waals surface area contributed by atoms with Gasteiger partial charge in [0.1, 0.15) is 12.3 Å². The molecule has 0 aliphatic carbocycles. The van der Waals surface area contributed by atoms with Crippen LogP contribution in [0.3, 0.4) is 0 Å². The minimum atomic E-state index is -0.201. The highest BCUT2D eigenvalue weighted by molar-refractivity contribution is 9.10. The van der Waals surface area contributed by atoms with Gasteiger partial charge in [0, 0.05) is 11.0 Å². The number of carbonyl (C=O) groups excluding carboxylic acids is 2. The number of halogens is 2. The number of piperidine rings is 1. The van der Waals surface area contributed by atoms with Gasteiger partial charge >= 0.3 is 0 Å². The fourth-order valence-electron chi connectivity index (χ4n) is 3.07. The molecule has 1 aromatic carbocycles. The average molecular weight is 433 g/mol. The van der Waals surface area contributed by atoms with Crippen molar-refractivity contribution in [1.29, 1.82) is 0 Å². The fourth-order valence-corrected chi connectivity index (χ4v) is 3.41. The average Bonchev–Trinajstić information content (AvgIpc) is 2.56. The molecule has 1 aromatic rings. The molecule has 0 radical (unpaired) electrons. The Morgan fingerprint density at radius 3 is 2.84 bits per heavy atom. The molecule has 2 heterocycles. The van der Waals surface area contributed by atoms with Crippen molar-refractivity contribution >= 4 is 45.8 Å². The van der Waals surface area contributed by atoms with E-state index in [2.05, 4.69) is 33.5 Å². The summed E-state index contributed by atoms with van der Waals surface area (Å²) in [5.74, 6) is 0.272. The Morgan fingerprint density at radius 2 is 2.12 bits per heavy atom. The minimum Gasteiger partial charge on any atom is -0.482 e. The van der Waals surface area contributed by atoms with Gasteiger partial charge in [-0.1, -0.05) is 22.9 Å². The number of carbonyl (C=O) groups is 2. The number of rotatable bonds is 4. The van der Waals surface area contributed by atoms with Crippen LogP contribution in [-0.2, 0) is 9.59 Å². The van der Waals surface area contributed by atoms with Crippen LogP contribution in [0, 0.1) is 5.41 Å². The molecular formula is C17H23BrClN3O3. The van der Waals surface area contributed by atoms with Crippen LogP contribution in [-0.4, -0.2) is 44.6 Å². The number of hydrogen-bond acceptors (Lipinski definition) is 4. The van der Waals surface area contributed by atoms with E-state index in [-0.39, 0.29) is 42.8 Å². The summed E-state index contributed by atoms with van der Waals surface area (Å²) in [6, 6.07) is 5.43. The predicted octanol–water partition coefficient (Wildman–Crippen LogP) is 2.10. The number of nitrogens with zero attached hydrogens (tertiary/aromatic N) is 1. The summed E-state index contributed by atoms with van der Waals surface area (Å²) in [6.07, 6.45) is 2.08. The Morgan fingerprint density at radius 1 is 1.40 bits per heavy atom. The van der Waals surface area contributed by atoms with Gasteiger partial charge in [-0.3, -0.25) is 14.5 Å². The first-order valence-corrected chi connectivity index (χ1v) is 8.96. The molecule has 2 aliphatic rings. The SMILES string of the molecule is CC1(CNC(=O)CN2C(=O)COc3cc(Br)ccc32)CCNCC1.Cl. The molecule has 0 saturated carbocycles. The highest BCUT2D eigenvalue weighted by Crippen LogP contribution is 2.34. The molecule has 138 valence electrons. The summed E-state index contributed by atoms with van der Waals surface area (Å²) in [6.45, 7) is 4.78. The van der Waals surface area contributed by atoms with Crippen LogP contribution in [0.15, 0.2) is 22.7 Å². The first-order valence-electron chi connectivity index (χ1n) is 8.17. The van der Waals surface area contributed by atoms with Gasteiger partial charge in [-0.15, -0.1) is 12.4 Å². The number of fused-ring (bicyclic) bond motifs is 1. The second-order valence-electron chi connectivity index (χ2n) is 6.72. The van der Waals surface area contributed by atoms with Gasteiger partial charge in [0.05, 0.1) is 5.69 Å². The smallest absolute Gasteiger partial charge is 0.265 e. The maximum absolute atomic E-state index is 12.3. The van der Waals surface area contributed by atoms with Crippen LogP contribution < -0.4 is 20.3 Å². The molecule has 0 aromatic heterocycles. The zero-order valence-corrected chi connectivity index (χ0v) is 16.5. The number of amides is 2. The van der Waals surface area contributed by atoms with E-state index in [4.69, 9.17) is 4.74 Å². The first kappa shape index (κ1) is 20.0. The van der Waals surface area contributed by atoms with Crippen molar-refractivity contribution in [3.8, 4) is 5.75 Å². The van der Waals surface area contributed by atoms with Gasteiger partial charge in [-0.2, -0.15) is 0 Å². The molecule has 0 atom stereocenters. The number of ether oxygens (including phenoxy) is 1. The third kappa shape index (κ3) is 4.86. The zero-order chi connectivity index (χ0) is 17.2. The standard InChI is InChI=1S/C17H22BrN3O3.ClH/c1-17(4-6-19-7-5-17)11-20-15(22)9-21-13-3-2-12(18)8-14(13)24-10-16(21)23;/h2-3,8,19H,4-7,9-11H2,1H3,(H,20,22);1H. The fraction of sp³-hybridized carbons (Fsp3) is 0.529. The molecule has 0 bridgehead atoms. The molecule has 25 heavy (non-hydrogen) atoms. The van der Waals surface area contributed by atoms with Crippen molar-refractivity contribution in [3.63, 3.8) is 0 Å². The van der Waals surface area contributed by atoms with Gasteiger partial charge in [-0.05, 0) is 49.5 Å². The Kier molecular flexibility index (Phi) is 6.71. The Balaban J connectivity index is 0.00000225. The second kappa shape index (κ2) is 8.38. The minimum absolute atomic E-state index is 0. The molecule has 0 spiro atoms. The highest BCUT2D eigenvalue weighted by atomic mass is 79.9. The van der Waals surface area contributed by atoms with Crippen LogP contribution in [0.25, 0.3) is 0 Å². The lowest BCUT2D eigenvalue weighted by Crippen LogP contribution is -2.48. The number of anilines is 1. The van der Waals surface area contributed by atoms with Crippen molar-refractivity contribution in [2.45, 2.75) is 19.8 Å². The van der Waals surface area contributed by atoms with Crippen molar-refractivity contribution in [1.82, 2.24) is 10.6 Å². The van der Waals surface area contributed by atoms with Crippen molar-refractivity contribution in [2.75, 3.05) is 37.7 Å². The number of benzene rings is 1. The molecule has 2 aliphatic heterocycles. The molecular weight excluding hydrogens is 410 g/mol. The van der Waals surface area contributed by atoms with E-state index in [9.17, 15) is 9.59 Å². The van der Waals surface area contributed by atoms with Crippen LogP contribution in [0.2, 0.25) is 0 Å². The molecule has 1 fully saturated rings. The molecule has 1 saturated heterocycles. The lowest BCUT2D eigenvalue weighted by atomic mass is 9.81. The molecule has 6 nitrogen and oxygen atoms in total. The predicted molar refractivity (Wildman–Crippen MR) is 102 cm³/mol. The van der Waals surface area contributed by atoms with Crippen LogP contribution in [0.1, 0.15) is 19.8 Å². The Hall–Kier alpha value is -1.31. The van der Waals surface area contributed by atoms with Gasteiger partial charge in [0.15, 0.2) is 6.61 Å². The maximum Gasteiger partial charge on any atom is 0.265 e. The highest BCUT2D eigenvalue weighted by Gasteiger charge is 2.30. The van der Waals surface area contributed by atoms with E-state index >= 15 is 0 Å². The Bertz CT molecular complexity index is 650. The molecule has 2 amide bonds. The quantitative estimate of drug-likeness (QED) is 0.764. The topological polar surface area (TPSA) is 70.7 Å². The van der Waals surface area contributed by atoms with Crippen molar-refractivity contribution < 1.29 is 14.3 Å². The monoisotopic (exact) mass is 431 g/mol. The van der Waals surface area contributed by atoms with E-state index in [1.54, 1.807) is 6.07 Å². The lowest BCUT2D eigenvalue weighted by molar-refractivity contribution is -0.125. The van der Waals surface area contributed by atoms with Gasteiger partial charge in [0.2, 0.25) is 5.91 Å². The zero-order valence-electron chi connectivity index (χ0n) is 14.1.